The number of methoxy groups -OCH3 is 1. The molecule has 0 radical (unpaired) electrons. The highest BCUT2D eigenvalue weighted by atomic mass is 32.2. The van der Waals surface area contributed by atoms with E-state index in [1.54, 1.807) is 0 Å². The Balaban J connectivity index is 2.02. The van der Waals surface area contributed by atoms with Crippen LogP contribution in [0.1, 0.15) is 5.56 Å². The van der Waals surface area contributed by atoms with Gasteiger partial charge in [-0.1, -0.05) is 0 Å². The molecular weight excluding hydrogens is 391 g/mol. The van der Waals surface area contributed by atoms with Crippen molar-refractivity contribution in [2.75, 3.05) is 13.7 Å². The first kappa shape index (κ1) is 20.3. The Kier molecular flexibility index (Phi) is 6.45. The number of hydrogen-bond acceptors (Lipinski definition) is 8. The molecule has 2 rings (SSSR count). The second-order valence-corrected chi connectivity index (χ2v) is 5.89. The number of amides is 1. The quantitative estimate of drug-likeness (QED) is 0.337. The molecule has 0 spiro atoms. The summed E-state index contributed by atoms with van der Waals surface area (Å²) in [6.45, 7) is -1.48. The Hall–Kier alpha value is -3.02. The molecule has 1 fully saturated rings. The van der Waals surface area contributed by atoms with Crippen LogP contribution in [0, 0.1) is 0 Å². The SMILES string of the molecule is COC(=O)/C=C1/S/C(=N\N=Cc2ccc(OCC(F)(F)F)cc2O)NC1=O. The van der Waals surface area contributed by atoms with Gasteiger partial charge in [0, 0.05) is 17.7 Å². The van der Waals surface area contributed by atoms with E-state index in [0.29, 0.717) is 0 Å². The highest BCUT2D eigenvalue weighted by Crippen LogP contribution is 2.25. The van der Waals surface area contributed by atoms with Gasteiger partial charge in [-0.05, 0) is 23.9 Å². The maximum Gasteiger partial charge on any atom is 0.422 e. The number of aromatic hydroxyl groups is 1. The second-order valence-electron chi connectivity index (χ2n) is 4.86. The predicted octanol–water partition coefficient (Wildman–Crippen LogP) is 1.94. The van der Waals surface area contributed by atoms with Crippen molar-refractivity contribution in [3.05, 3.63) is 34.7 Å². The lowest BCUT2D eigenvalue weighted by atomic mass is 10.2. The van der Waals surface area contributed by atoms with Crippen LogP contribution in [0.4, 0.5) is 13.2 Å². The molecule has 2 N–H and O–H groups in total. The Labute approximate surface area is 154 Å². The standard InChI is InChI=1S/C15H12F3N3O5S/c1-25-12(23)5-11-13(24)20-14(27-11)21-19-6-8-2-3-9(4-10(8)22)26-7-15(16,17)18/h2-6,22H,7H2,1H3,(H,20,21,24)/b11-5+,19-6?. The number of carbonyl (C=O) groups is 2. The van der Waals surface area contributed by atoms with Gasteiger partial charge in [0.1, 0.15) is 11.5 Å². The van der Waals surface area contributed by atoms with Crippen LogP contribution in [0.2, 0.25) is 0 Å². The minimum absolute atomic E-state index is 0.0739. The van der Waals surface area contributed by atoms with Crippen molar-refractivity contribution in [3.8, 4) is 11.5 Å². The second kappa shape index (κ2) is 8.58. The zero-order chi connectivity index (χ0) is 20.0. The third-order valence-corrected chi connectivity index (χ3v) is 3.75. The zero-order valence-electron chi connectivity index (χ0n) is 13.6. The fourth-order valence-electron chi connectivity index (χ4n) is 1.67. The van der Waals surface area contributed by atoms with E-state index in [0.717, 1.165) is 30.1 Å². The van der Waals surface area contributed by atoms with Crippen molar-refractivity contribution >= 4 is 35.0 Å². The van der Waals surface area contributed by atoms with Crippen molar-refractivity contribution < 1.29 is 37.3 Å². The zero-order valence-corrected chi connectivity index (χ0v) is 14.4. The van der Waals surface area contributed by atoms with E-state index < -0.39 is 24.7 Å². The van der Waals surface area contributed by atoms with Crippen LogP contribution in [0.25, 0.3) is 0 Å². The predicted molar refractivity (Wildman–Crippen MR) is 90.5 cm³/mol. The molecule has 0 atom stereocenters. The minimum Gasteiger partial charge on any atom is -0.507 e. The number of benzene rings is 1. The molecule has 12 heteroatoms. The molecular formula is C15H12F3N3O5S. The first-order valence-electron chi connectivity index (χ1n) is 7.10. The van der Waals surface area contributed by atoms with E-state index in [2.05, 4.69) is 25.0 Å². The summed E-state index contributed by atoms with van der Waals surface area (Å²) < 4.78 is 45.2. The molecule has 27 heavy (non-hydrogen) atoms. The van der Waals surface area contributed by atoms with Gasteiger partial charge in [-0.15, -0.1) is 5.10 Å². The largest absolute Gasteiger partial charge is 0.507 e. The molecule has 0 aromatic heterocycles. The van der Waals surface area contributed by atoms with Gasteiger partial charge < -0.3 is 14.6 Å². The van der Waals surface area contributed by atoms with Gasteiger partial charge in [0.2, 0.25) is 0 Å². The number of halogens is 3. The summed E-state index contributed by atoms with van der Waals surface area (Å²) in [5, 5.41) is 19.6. The lowest BCUT2D eigenvalue weighted by Crippen LogP contribution is -2.19. The summed E-state index contributed by atoms with van der Waals surface area (Å²) in [4.78, 5) is 22.8. The summed E-state index contributed by atoms with van der Waals surface area (Å²) in [7, 11) is 1.17. The first-order valence-corrected chi connectivity index (χ1v) is 7.92. The Morgan fingerprint density at radius 2 is 2.15 bits per heavy atom. The van der Waals surface area contributed by atoms with Crippen LogP contribution < -0.4 is 10.1 Å². The van der Waals surface area contributed by atoms with Gasteiger partial charge in [-0.2, -0.15) is 18.3 Å². The van der Waals surface area contributed by atoms with Crippen LogP contribution in [-0.4, -0.2) is 48.3 Å². The number of rotatable bonds is 5. The van der Waals surface area contributed by atoms with E-state index in [1.807, 2.05) is 0 Å². The van der Waals surface area contributed by atoms with Crippen LogP contribution in [0.3, 0.4) is 0 Å². The maximum atomic E-state index is 12.1. The van der Waals surface area contributed by atoms with Crippen LogP contribution in [0.5, 0.6) is 11.5 Å². The number of thioether (sulfide) groups is 1. The maximum absolute atomic E-state index is 12.1. The number of phenols is 1. The van der Waals surface area contributed by atoms with E-state index in [1.165, 1.54) is 19.2 Å². The number of carbonyl (C=O) groups excluding carboxylic acids is 2. The number of esters is 1. The van der Waals surface area contributed by atoms with Crippen molar-refractivity contribution in [2.24, 2.45) is 10.2 Å². The van der Waals surface area contributed by atoms with E-state index >= 15 is 0 Å². The van der Waals surface area contributed by atoms with Crippen LogP contribution >= 0.6 is 11.8 Å². The average molecular weight is 403 g/mol. The Morgan fingerprint density at radius 1 is 1.41 bits per heavy atom. The number of phenolic OH excluding ortho intramolecular Hbond substituents is 1. The van der Waals surface area contributed by atoms with Gasteiger partial charge in [0.05, 0.1) is 18.2 Å². The molecule has 1 aliphatic rings. The van der Waals surface area contributed by atoms with Crippen LogP contribution in [-0.2, 0) is 14.3 Å². The van der Waals surface area contributed by atoms with Gasteiger partial charge in [-0.25, -0.2) is 4.79 Å². The molecule has 144 valence electrons. The highest BCUT2D eigenvalue weighted by Gasteiger charge is 2.28. The van der Waals surface area contributed by atoms with Gasteiger partial charge in [-0.3, -0.25) is 10.1 Å². The minimum atomic E-state index is -4.49. The average Bonchev–Trinajstić information content (AvgIpc) is 2.93. The Morgan fingerprint density at radius 3 is 2.78 bits per heavy atom. The van der Waals surface area contributed by atoms with Crippen molar-refractivity contribution in [2.45, 2.75) is 6.18 Å². The topological polar surface area (TPSA) is 110 Å². The fraction of sp³-hybridized carbons (Fsp3) is 0.200. The first-order chi connectivity index (χ1) is 12.7. The van der Waals surface area contributed by atoms with Gasteiger partial charge in [0.25, 0.3) is 5.91 Å². The van der Waals surface area contributed by atoms with E-state index in [-0.39, 0.29) is 27.1 Å². The number of alkyl halides is 3. The number of ether oxygens (including phenoxy) is 2. The van der Waals surface area contributed by atoms with Gasteiger partial charge in [0.15, 0.2) is 11.8 Å². The summed E-state index contributed by atoms with van der Waals surface area (Å²) in [6, 6.07) is 3.51. The number of amidine groups is 1. The molecule has 8 nitrogen and oxygen atoms in total. The third-order valence-electron chi connectivity index (χ3n) is 2.85. The smallest absolute Gasteiger partial charge is 0.422 e. The Bertz CT molecular complexity index is 836. The summed E-state index contributed by atoms with van der Waals surface area (Å²) in [5.41, 5.74) is 0.165. The molecule has 1 aliphatic heterocycles. The normalized spacial score (nSPS) is 17.6. The van der Waals surface area contributed by atoms with Crippen molar-refractivity contribution in [3.63, 3.8) is 0 Å². The van der Waals surface area contributed by atoms with E-state index in [4.69, 9.17) is 0 Å². The number of nitrogens with zero attached hydrogens (tertiary/aromatic N) is 2. The molecule has 1 aromatic rings. The molecule has 1 heterocycles. The van der Waals surface area contributed by atoms with Crippen molar-refractivity contribution in [1.82, 2.24) is 5.32 Å². The summed E-state index contributed by atoms with van der Waals surface area (Å²) >= 11 is 0.860. The molecule has 0 aliphatic carbocycles. The highest BCUT2D eigenvalue weighted by molar-refractivity contribution is 8.18. The molecule has 0 bridgehead atoms. The monoisotopic (exact) mass is 403 g/mol. The molecule has 0 unspecified atom stereocenters. The summed E-state index contributed by atoms with van der Waals surface area (Å²) in [6.07, 6.45) is -2.36. The van der Waals surface area contributed by atoms with Gasteiger partial charge >= 0.3 is 12.1 Å². The molecule has 1 amide bonds. The lowest BCUT2D eigenvalue weighted by molar-refractivity contribution is -0.153. The van der Waals surface area contributed by atoms with Crippen LogP contribution in [0.15, 0.2) is 39.4 Å². The lowest BCUT2D eigenvalue weighted by Gasteiger charge is -2.09. The number of hydrogen-bond donors (Lipinski definition) is 2. The number of nitrogens with one attached hydrogen (secondary N) is 1. The molecule has 0 saturated carbocycles. The van der Waals surface area contributed by atoms with Crippen molar-refractivity contribution in [1.29, 1.82) is 0 Å². The molecule has 1 aromatic carbocycles. The molecule has 1 saturated heterocycles. The third kappa shape index (κ3) is 6.33. The van der Waals surface area contributed by atoms with E-state index in [9.17, 15) is 27.9 Å². The fourth-order valence-corrected chi connectivity index (χ4v) is 2.41. The summed E-state index contributed by atoms with van der Waals surface area (Å²) in [5.74, 6) is -1.78.